The first kappa shape index (κ1) is 15.0. The summed E-state index contributed by atoms with van der Waals surface area (Å²) >= 11 is 12.5. The predicted molar refractivity (Wildman–Crippen MR) is 84.2 cm³/mol. The van der Waals surface area contributed by atoms with E-state index < -0.39 is 0 Å². The highest BCUT2D eigenvalue weighted by Gasteiger charge is 2.28. The maximum absolute atomic E-state index is 11.3. The molecule has 1 atom stereocenters. The van der Waals surface area contributed by atoms with Crippen molar-refractivity contribution in [3.05, 3.63) is 27.9 Å². The van der Waals surface area contributed by atoms with Gasteiger partial charge in [0, 0.05) is 30.6 Å². The van der Waals surface area contributed by atoms with Gasteiger partial charge in [0.25, 0.3) is 0 Å². The van der Waals surface area contributed by atoms with Gasteiger partial charge < -0.3 is 14.6 Å². The van der Waals surface area contributed by atoms with Gasteiger partial charge in [-0.25, -0.2) is 0 Å². The van der Waals surface area contributed by atoms with Crippen LogP contribution < -0.4 is 10.1 Å². The third-order valence-electron chi connectivity index (χ3n) is 3.74. The fraction of sp³-hybridized carbons (Fsp3) is 0.333. The van der Waals surface area contributed by atoms with E-state index in [1.165, 1.54) is 6.92 Å². The molecule has 0 saturated carbocycles. The fourth-order valence-electron chi connectivity index (χ4n) is 2.92. The second-order valence-electron chi connectivity index (χ2n) is 5.14. The molecular formula is C15H13Cl2N3O2. The molecule has 1 amide bonds. The molecule has 0 radical (unpaired) electrons. The molecule has 1 aliphatic heterocycles. The van der Waals surface area contributed by atoms with Gasteiger partial charge in [0.1, 0.15) is 11.8 Å². The van der Waals surface area contributed by atoms with Gasteiger partial charge in [-0.3, -0.25) is 4.79 Å². The Balaban J connectivity index is 2.16. The number of nitrogens with one attached hydrogen (secondary N) is 1. The van der Waals surface area contributed by atoms with E-state index in [1.807, 2.05) is 16.7 Å². The lowest BCUT2D eigenvalue weighted by Crippen LogP contribution is -2.24. The summed E-state index contributed by atoms with van der Waals surface area (Å²) in [7, 11) is 0. The van der Waals surface area contributed by atoms with E-state index >= 15 is 0 Å². The molecule has 0 unspecified atom stereocenters. The first-order valence-electron chi connectivity index (χ1n) is 6.81. The van der Waals surface area contributed by atoms with Gasteiger partial charge in [0.05, 0.1) is 21.6 Å². The molecule has 1 aromatic heterocycles. The van der Waals surface area contributed by atoms with Gasteiger partial charge in [0.2, 0.25) is 5.91 Å². The van der Waals surface area contributed by atoms with Gasteiger partial charge in [-0.05, 0) is 12.5 Å². The van der Waals surface area contributed by atoms with Crippen LogP contribution in [-0.2, 0) is 11.3 Å². The normalized spacial score (nSPS) is 16.4. The zero-order valence-corrected chi connectivity index (χ0v) is 13.3. The Morgan fingerprint density at radius 3 is 3.00 bits per heavy atom. The highest BCUT2D eigenvalue weighted by Crippen LogP contribution is 2.43. The number of aryl methyl sites for hydroxylation is 1. The van der Waals surface area contributed by atoms with E-state index in [2.05, 4.69) is 5.32 Å². The lowest BCUT2D eigenvalue weighted by molar-refractivity contribution is -0.119. The zero-order valence-electron chi connectivity index (χ0n) is 11.8. The van der Waals surface area contributed by atoms with Gasteiger partial charge in [0.15, 0.2) is 6.61 Å². The van der Waals surface area contributed by atoms with Crippen molar-refractivity contribution in [3.8, 4) is 11.8 Å². The van der Waals surface area contributed by atoms with Crippen molar-refractivity contribution in [3.63, 3.8) is 0 Å². The summed E-state index contributed by atoms with van der Waals surface area (Å²) in [5.41, 5.74) is 1.75. The van der Waals surface area contributed by atoms with Crippen LogP contribution in [0, 0.1) is 11.3 Å². The number of hydrogen-bond acceptors (Lipinski definition) is 3. The maximum Gasteiger partial charge on any atom is 0.217 e. The number of rotatable bonds is 3. The largest absolute Gasteiger partial charge is 0.478 e. The Kier molecular flexibility index (Phi) is 3.90. The first-order valence-corrected chi connectivity index (χ1v) is 7.56. The number of fused-ring (bicyclic) bond motifs is 3. The summed E-state index contributed by atoms with van der Waals surface area (Å²) in [5.74, 6) is 0.447. The Morgan fingerprint density at radius 2 is 2.32 bits per heavy atom. The molecule has 0 fully saturated rings. The number of aromatic nitrogens is 1. The van der Waals surface area contributed by atoms with Crippen molar-refractivity contribution < 1.29 is 9.53 Å². The Labute approximate surface area is 137 Å². The van der Waals surface area contributed by atoms with E-state index in [1.54, 1.807) is 6.07 Å². The number of carbonyl (C=O) groups is 1. The molecule has 2 heterocycles. The van der Waals surface area contributed by atoms with Gasteiger partial charge >= 0.3 is 0 Å². The van der Waals surface area contributed by atoms with Crippen LogP contribution in [0.3, 0.4) is 0 Å². The molecule has 1 N–H and O–H groups in total. The van der Waals surface area contributed by atoms with Gasteiger partial charge in [-0.2, -0.15) is 5.26 Å². The van der Waals surface area contributed by atoms with Crippen LogP contribution in [0.2, 0.25) is 10.0 Å². The van der Waals surface area contributed by atoms with Crippen molar-refractivity contribution in [1.29, 1.82) is 5.26 Å². The Bertz CT molecular complexity index is 807. The van der Waals surface area contributed by atoms with E-state index in [-0.39, 0.29) is 18.6 Å². The van der Waals surface area contributed by atoms with E-state index in [0.29, 0.717) is 15.8 Å². The molecule has 0 spiro atoms. The number of amides is 1. The second-order valence-corrected chi connectivity index (χ2v) is 5.93. The monoisotopic (exact) mass is 337 g/mol. The molecule has 1 aromatic carbocycles. The summed E-state index contributed by atoms with van der Waals surface area (Å²) < 4.78 is 7.50. The van der Waals surface area contributed by atoms with Crippen molar-refractivity contribution in [2.24, 2.45) is 0 Å². The standard InChI is InChI=1S/C15H13Cl2N3O2/c1-8(21)19-11-2-4-20-12(11)6-9-13(22-5-3-18)7-10(16)14(17)15(9)20/h6-7,11H,2,4-5H2,1H3,(H,19,21)/t11-/m1/s1. The molecular weight excluding hydrogens is 325 g/mol. The van der Waals surface area contributed by atoms with Crippen LogP contribution in [0.5, 0.6) is 5.75 Å². The van der Waals surface area contributed by atoms with Crippen LogP contribution in [0.15, 0.2) is 12.1 Å². The average molecular weight is 338 g/mol. The highest BCUT2D eigenvalue weighted by molar-refractivity contribution is 6.45. The van der Waals surface area contributed by atoms with E-state index in [0.717, 1.165) is 29.6 Å². The number of halogens is 2. The number of nitriles is 1. The van der Waals surface area contributed by atoms with Crippen LogP contribution >= 0.6 is 23.2 Å². The summed E-state index contributed by atoms with van der Waals surface area (Å²) in [6.07, 6.45) is 0.808. The molecule has 22 heavy (non-hydrogen) atoms. The second kappa shape index (κ2) is 5.71. The minimum absolute atomic E-state index is 0.0523. The van der Waals surface area contributed by atoms with Crippen molar-refractivity contribution >= 4 is 40.0 Å². The predicted octanol–water partition coefficient (Wildman–Crippen LogP) is 3.43. The third-order valence-corrected chi connectivity index (χ3v) is 4.52. The minimum Gasteiger partial charge on any atom is -0.478 e. The molecule has 7 heteroatoms. The number of carbonyl (C=O) groups excluding carboxylic acids is 1. The highest BCUT2D eigenvalue weighted by atomic mass is 35.5. The molecule has 3 rings (SSSR count). The van der Waals surface area contributed by atoms with Crippen molar-refractivity contribution in [1.82, 2.24) is 9.88 Å². The average Bonchev–Trinajstić information content (AvgIpc) is 3.01. The quantitative estimate of drug-likeness (QED) is 0.932. The molecule has 2 aromatic rings. The first-order chi connectivity index (χ1) is 10.5. The summed E-state index contributed by atoms with van der Waals surface area (Å²) in [6, 6.07) is 5.44. The zero-order chi connectivity index (χ0) is 15.9. The maximum atomic E-state index is 11.3. The summed E-state index contributed by atoms with van der Waals surface area (Å²) in [4.78, 5) is 11.3. The minimum atomic E-state index is -0.0752. The topological polar surface area (TPSA) is 67.1 Å². The Hall–Kier alpha value is -1.90. The SMILES string of the molecule is CC(=O)N[C@@H]1CCn2c1cc1c(OCC#N)cc(Cl)c(Cl)c12. The van der Waals surface area contributed by atoms with E-state index in [9.17, 15) is 4.79 Å². The number of nitrogens with zero attached hydrogens (tertiary/aromatic N) is 2. The third kappa shape index (κ3) is 2.39. The Morgan fingerprint density at radius 1 is 1.55 bits per heavy atom. The summed E-state index contributed by atoms with van der Waals surface area (Å²) in [5, 5.41) is 13.3. The smallest absolute Gasteiger partial charge is 0.217 e. The molecule has 1 aliphatic rings. The molecule has 114 valence electrons. The van der Waals surface area contributed by atoms with Crippen molar-refractivity contribution in [2.45, 2.75) is 25.9 Å². The van der Waals surface area contributed by atoms with Crippen LogP contribution in [-0.4, -0.2) is 17.1 Å². The van der Waals surface area contributed by atoms with Crippen LogP contribution in [0.25, 0.3) is 10.9 Å². The molecule has 0 aliphatic carbocycles. The summed E-state index contributed by atoms with van der Waals surface area (Å²) in [6.45, 7) is 2.17. The van der Waals surface area contributed by atoms with E-state index in [4.69, 9.17) is 33.2 Å². The molecule has 0 saturated heterocycles. The molecule has 0 bridgehead atoms. The fourth-order valence-corrected chi connectivity index (χ4v) is 3.37. The van der Waals surface area contributed by atoms with Crippen molar-refractivity contribution in [2.75, 3.05) is 6.61 Å². The lowest BCUT2D eigenvalue weighted by Gasteiger charge is -2.09. The van der Waals surface area contributed by atoms with Crippen LogP contribution in [0.1, 0.15) is 25.1 Å². The lowest BCUT2D eigenvalue weighted by atomic mass is 10.1. The number of benzene rings is 1. The van der Waals surface area contributed by atoms with Gasteiger partial charge in [-0.15, -0.1) is 0 Å². The van der Waals surface area contributed by atoms with Gasteiger partial charge in [-0.1, -0.05) is 23.2 Å². The van der Waals surface area contributed by atoms with Crippen LogP contribution in [0.4, 0.5) is 0 Å². The molecule has 5 nitrogen and oxygen atoms in total. The number of hydrogen-bond donors (Lipinski definition) is 1. The number of ether oxygens (including phenoxy) is 1.